The third-order valence-corrected chi connectivity index (χ3v) is 14.3. The number of rotatable bonds is 7. The van der Waals surface area contributed by atoms with Crippen molar-refractivity contribution >= 4 is 101 Å². The number of halogens is 1. The lowest BCUT2D eigenvalue weighted by Gasteiger charge is -2.36. The summed E-state index contributed by atoms with van der Waals surface area (Å²) in [5, 5.41) is 4.79. The molecule has 4 heterocycles. The molecule has 6 heteroatoms. The average molecular weight is 873 g/mol. The van der Waals surface area contributed by atoms with Crippen LogP contribution in [0.1, 0.15) is 11.1 Å². The van der Waals surface area contributed by atoms with Crippen molar-refractivity contribution in [2.75, 3.05) is 9.80 Å². The van der Waals surface area contributed by atoms with Gasteiger partial charge in [0.2, 0.25) is 0 Å². The highest BCUT2D eigenvalue weighted by Crippen LogP contribution is 2.46. The molecule has 4 nitrogen and oxygen atoms in total. The van der Waals surface area contributed by atoms with Crippen LogP contribution in [-0.4, -0.2) is 15.8 Å². The molecule has 0 radical (unpaired) electrons. The molecule has 68 heavy (non-hydrogen) atoms. The molecule has 2 aromatic heterocycles. The summed E-state index contributed by atoms with van der Waals surface area (Å²) in [6.07, 6.45) is 0. The van der Waals surface area contributed by atoms with E-state index < -0.39 is 0 Å². The quantitative estimate of drug-likeness (QED) is 0.148. The van der Waals surface area contributed by atoms with E-state index in [1.807, 2.05) is 12.1 Å². The van der Waals surface area contributed by atoms with E-state index in [-0.39, 0.29) is 12.5 Å². The first-order valence-corrected chi connectivity index (χ1v) is 23.4. The Balaban J connectivity index is 1.17. The van der Waals surface area contributed by atoms with E-state index in [0.29, 0.717) is 0 Å². The second-order valence-electron chi connectivity index (χ2n) is 18.5. The number of para-hydroxylation sites is 4. The van der Waals surface area contributed by atoms with Gasteiger partial charge >= 0.3 is 0 Å². The van der Waals surface area contributed by atoms with Crippen LogP contribution in [0.5, 0.6) is 0 Å². The Hall–Kier alpha value is -8.61. The Morgan fingerprint density at radius 1 is 0.368 bits per heavy atom. The minimum absolute atomic E-state index is 0.177. The highest BCUT2D eigenvalue weighted by atomic mass is 19.1. The lowest BCUT2D eigenvalue weighted by atomic mass is 9.34. The second-order valence-corrected chi connectivity index (χ2v) is 18.5. The van der Waals surface area contributed by atoms with E-state index in [4.69, 9.17) is 0 Å². The maximum absolute atomic E-state index is 15.3. The normalized spacial score (nSPS) is 12.3. The molecule has 10 aromatic carbocycles. The molecular formula is C62H42BFN4. The van der Waals surface area contributed by atoms with Crippen molar-refractivity contribution < 1.29 is 4.39 Å². The van der Waals surface area contributed by atoms with Gasteiger partial charge in [-0.15, -0.1) is 0 Å². The molecule has 2 aliphatic heterocycles. The molecule has 0 atom stereocenters. The largest absolute Gasteiger partial charge is 0.311 e. The molecule has 0 saturated heterocycles. The first-order chi connectivity index (χ1) is 33.5. The van der Waals surface area contributed by atoms with Crippen molar-refractivity contribution in [2.45, 2.75) is 13.8 Å². The minimum atomic E-state index is -0.251. The summed E-state index contributed by atoms with van der Waals surface area (Å²) in [6, 6.07) is 78.1. The minimum Gasteiger partial charge on any atom is -0.311 e. The van der Waals surface area contributed by atoms with Crippen molar-refractivity contribution in [3.05, 3.63) is 235 Å². The fourth-order valence-electron chi connectivity index (χ4n) is 11.6. The molecule has 0 amide bonds. The first-order valence-electron chi connectivity index (χ1n) is 23.4. The van der Waals surface area contributed by atoms with Gasteiger partial charge in [-0.3, -0.25) is 0 Å². The molecule has 320 valence electrons. The highest BCUT2D eigenvalue weighted by molar-refractivity contribution is 7.00. The fraction of sp³-hybridized carbons (Fsp3) is 0.0323. The van der Waals surface area contributed by atoms with Crippen molar-refractivity contribution in [1.29, 1.82) is 0 Å². The van der Waals surface area contributed by atoms with Gasteiger partial charge in [-0.2, -0.15) is 0 Å². The number of fused-ring (bicyclic) bond motifs is 10. The third-order valence-electron chi connectivity index (χ3n) is 14.3. The van der Waals surface area contributed by atoms with Gasteiger partial charge in [-0.25, -0.2) is 4.39 Å². The summed E-state index contributed by atoms with van der Waals surface area (Å²) < 4.78 is 20.3. The van der Waals surface area contributed by atoms with Gasteiger partial charge in [0, 0.05) is 78.1 Å². The van der Waals surface area contributed by atoms with Crippen molar-refractivity contribution in [2.24, 2.45) is 0 Å². The van der Waals surface area contributed by atoms with Crippen LogP contribution in [-0.2, 0) is 0 Å². The molecule has 0 aliphatic carbocycles. The molecule has 0 saturated carbocycles. The molecule has 0 unspecified atom stereocenters. The Labute approximate surface area is 394 Å². The number of aromatic nitrogens is 2. The summed E-state index contributed by atoms with van der Waals surface area (Å²) >= 11 is 0. The van der Waals surface area contributed by atoms with Crippen LogP contribution in [0.2, 0.25) is 0 Å². The lowest BCUT2D eigenvalue weighted by molar-refractivity contribution is 0.628. The van der Waals surface area contributed by atoms with Gasteiger partial charge in [0.1, 0.15) is 5.82 Å². The van der Waals surface area contributed by atoms with E-state index in [2.05, 4.69) is 227 Å². The van der Waals surface area contributed by atoms with Crippen molar-refractivity contribution in [1.82, 2.24) is 9.13 Å². The monoisotopic (exact) mass is 872 g/mol. The van der Waals surface area contributed by atoms with Gasteiger partial charge < -0.3 is 18.9 Å². The SMILES string of the molecule is Cc1ccc2c(c1)c1cc(N(c3ccccc3)c3ccccc3)cc3c1n2-c1cc(-c2cccc(F)c2)cc2c1B3c1cc(N(c3ccccc3)c3ccccc3)cc3c4cc(C)ccc4n-2c13. The molecule has 0 N–H and O–H groups in total. The zero-order valence-electron chi connectivity index (χ0n) is 37.5. The van der Waals surface area contributed by atoms with Gasteiger partial charge in [0.15, 0.2) is 0 Å². The highest BCUT2D eigenvalue weighted by Gasteiger charge is 2.42. The van der Waals surface area contributed by atoms with Gasteiger partial charge in [-0.05, 0) is 163 Å². The Kier molecular flexibility index (Phi) is 8.35. The molecule has 0 fully saturated rings. The van der Waals surface area contributed by atoms with Crippen LogP contribution in [0.25, 0.3) is 66.1 Å². The van der Waals surface area contributed by atoms with E-state index in [1.165, 1.54) is 66.2 Å². The van der Waals surface area contributed by atoms with Crippen LogP contribution in [0.4, 0.5) is 38.5 Å². The number of nitrogens with zero attached hydrogens (tertiary/aromatic N) is 4. The summed E-state index contributed by atoms with van der Waals surface area (Å²) in [5.74, 6) is -0.251. The maximum Gasteiger partial charge on any atom is 0.252 e. The second kappa shape index (κ2) is 14.7. The predicted octanol–water partition coefficient (Wildman–Crippen LogP) is 14.4. The zero-order valence-corrected chi connectivity index (χ0v) is 37.5. The van der Waals surface area contributed by atoms with Crippen molar-refractivity contribution in [3.63, 3.8) is 0 Å². The van der Waals surface area contributed by atoms with Crippen LogP contribution in [0.3, 0.4) is 0 Å². The average Bonchev–Trinajstić information content (AvgIpc) is 3.87. The number of aryl methyl sites for hydroxylation is 2. The molecule has 0 spiro atoms. The molecule has 12 aromatic rings. The number of benzene rings is 10. The van der Waals surface area contributed by atoms with E-state index in [9.17, 15) is 0 Å². The smallest absolute Gasteiger partial charge is 0.252 e. The molecule has 2 aliphatic rings. The van der Waals surface area contributed by atoms with Gasteiger partial charge in [0.05, 0.1) is 11.0 Å². The Morgan fingerprint density at radius 3 is 1.21 bits per heavy atom. The van der Waals surface area contributed by atoms with Crippen molar-refractivity contribution in [3.8, 4) is 22.5 Å². The van der Waals surface area contributed by atoms with Crippen LogP contribution in [0, 0.1) is 19.7 Å². The predicted molar refractivity (Wildman–Crippen MR) is 284 cm³/mol. The third kappa shape index (κ3) is 5.67. The lowest BCUT2D eigenvalue weighted by Crippen LogP contribution is -2.59. The van der Waals surface area contributed by atoms with Gasteiger partial charge in [0.25, 0.3) is 6.71 Å². The number of hydrogen-bond acceptors (Lipinski definition) is 2. The molecule has 14 rings (SSSR count). The first kappa shape index (κ1) is 38.6. The molecule has 0 bridgehead atoms. The van der Waals surface area contributed by atoms with Crippen LogP contribution < -0.4 is 26.2 Å². The summed E-state index contributed by atoms with van der Waals surface area (Å²) in [6.45, 7) is 4.20. The van der Waals surface area contributed by atoms with E-state index in [1.54, 1.807) is 6.07 Å². The Morgan fingerprint density at radius 2 is 0.794 bits per heavy atom. The molecular weight excluding hydrogens is 831 g/mol. The zero-order chi connectivity index (χ0) is 45.2. The summed E-state index contributed by atoms with van der Waals surface area (Å²) in [4.78, 5) is 4.80. The topological polar surface area (TPSA) is 16.3 Å². The van der Waals surface area contributed by atoms with E-state index >= 15 is 4.39 Å². The Bertz CT molecular complexity index is 3700. The van der Waals surface area contributed by atoms with Crippen LogP contribution in [0.15, 0.2) is 218 Å². The standard InChI is InChI=1S/C62H42BFN4/c1-39-26-28-56-50(30-39)52-35-48(65(44-18-7-3-8-19-44)45-20-9-4-10-21-45)37-54-61(52)67(56)58-33-42(41-16-15-17-43(64)32-41)34-59-60(58)63(54)55-38-49(36-53-51-31-40(2)27-29-57(51)68(59)62(53)55)66(46-22-11-5-12-23-46)47-24-13-6-14-25-47/h3-38H,1-2H3. The maximum atomic E-state index is 15.3. The summed E-state index contributed by atoms with van der Waals surface area (Å²) in [5.41, 5.74) is 21.4. The number of hydrogen-bond donors (Lipinski definition) is 0. The van der Waals surface area contributed by atoms with E-state index in [0.717, 1.165) is 67.7 Å². The van der Waals surface area contributed by atoms with Gasteiger partial charge in [-0.1, -0.05) is 108 Å². The van der Waals surface area contributed by atoms with Crippen LogP contribution >= 0.6 is 0 Å². The number of anilines is 6. The fourth-order valence-corrected chi connectivity index (χ4v) is 11.6. The summed E-state index contributed by atoms with van der Waals surface area (Å²) in [7, 11) is 0.